The summed E-state index contributed by atoms with van der Waals surface area (Å²) in [6, 6.07) is 0. The van der Waals surface area contributed by atoms with Crippen LogP contribution in [0.15, 0.2) is 134 Å². The second kappa shape index (κ2) is 50.1. The van der Waals surface area contributed by atoms with Crippen molar-refractivity contribution in [2.24, 2.45) is 0 Å². The molecular weight excluding hydrogens is 957 g/mol. The van der Waals surface area contributed by atoms with E-state index in [1.165, 1.54) is 0 Å². The van der Waals surface area contributed by atoms with Gasteiger partial charge in [0.05, 0.1) is 19.8 Å². The van der Waals surface area contributed by atoms with Crippen molar-refractivity contribution in [3.63, 3.8) is 0 Å². The van der Waals surface area contributed by atoms with Gasteiger partial charge < -0.3 is 34.3 Å². The fraction of sp³-hybridized carbons (Fsp3) is 0.623. The van der Waals surface area contributed by atoms with Crippen LogP contribution in [0.3, 0.4) is 0 Å². The van der Waals surface area contributed by atoms with Crippen LogP contribution in [-0.2, 0) is 38.3 Å². The SMILES string of the molecule is CC/C=C\C/C=C\C/C=C\C/C=C\C/C=C\C/C=C\CCCCCCCCC(=O)OC(COCCCCCCCC/C=C\C/C=C\C/C=C\C/C=C\C/C=C\CC)COC1OC(CO)C(O)C(OS(=O)(=O)O)C1O. The molecule has 0 aromatic carbocycles. The third-order valence-corrected chi connectivity index (χ3v) is 12.2. The van der Waals surface area contributed by atoms with Gasteiger partial charge in [0.1, 0.15) is 30.5 Å². The number of hydrogen-bond donors (Lipinski definition) is 4. The molecule has 4 N–H and O–H groups in total. The molecule has 420 valence electrons. The van der Waals surface area contributed by atoms with Crippen LogP contribution in [0.25, 0.3) is 0 Å². The number of carbonyl (C=O) groups excluding carboxylic acids is 1. The van der Waals surface area contributed by atoms with Crippen LogP contribution >= 0.6 is 0 Å². The van der Waals surface area contributed by atoms with Crippen molar-refractivity contribution in [2.75, 3.05) is 26.4 Å². The summed E-state index contributed by atoms with van der Waals surface area (Å²) in [5, 5.41) is 30.8. The van der Waals surface area contributed by atoms with Gasteiger partial charge in [-0.2, -0.15) is 8.42 Å². The molecule has 0 saturated carbocycles. The lowest BCUT2D eigenvalue weighted by atomic mass is 9.99. The molecule has 0 spiro atoms. The molecule has 6 unspecified atom stereocenters. The number of hydrogen-bond acceptors (Lipinski definition) is 11. The van der Waals surface area contributed by atoms with E-state index in [1.54, 1.807) is 0 Å². The molecule has 12 nitrogen and oxygen atoms in total. The Morgan fingerprint density at radius 2 is 0.892 bits per heavy atom. The maximum absolute atomic E-state index is 13.0. The molecule has 6 atom stereocenters. The summed E-state index contributed by atoms with van der Waals surface area (Å²) < 4.78 is 59.4. The van der Waals surface area contributed by atoms with E-state index < -0.39 is 59.8 Å². The molecule has 1 fully saturated rings. The van der Waals surface area contributed by atoms with Crippen molar-refractivity contribution in [1.29, 1.82) is 0 Å². The first-order valence-electron chi connectivity index (χ1n) is 27.9. The standard InChI is InChI=1S/C61H98O12S/c1-3-5-7-9-11-13-15-17-19-21-23-25-27-28-29-30-32-34-36-38-40-42-44-46-48-50-57(63)71-55(54-70-61-59(65)60(73-74(66,67)68)58(64)56(52-62)72-61)53-69-51-49-47-45-43-41-39-37-35-33-31-26-24-22-20-18-16-14-12-10-8-6-4-2/h5-8,11-14,17-20,23-26,28-29,32-35,55-56,58-62,64-65H,3-4,9-10,15-16,21-22,27,30-31,36-54H2,1-2H3,(H,66,67,68)/b7-5-,8-6-,13-11-,14-12-,19-17-,20-18-,25-23-,26-24-,29-28-,34-32-,35-33-. The zero-order chi connectivity index (χ0) is 53.8. The average molecular weight is 1060 g/mol. The molecule has 0 aromatic rings. The Morgan fingerprint density at radius 3 is 1.30 bits per heavy atom. The van der Waals surface area contributed by atoms with Crippen molar-refractivity contribution in [2.45, 2.75) is 218 Å². The highest BCUT2D eigenvalue weighted by atomic mass is 32.3. The minimum Gasteiger partial charge on any atom is -0.457 e. The Morgan fingerprint density at radius 1 is 0.514 bits per heavy atom. The lowest BCUT2D eigenvalue weighted by Crippen LogP contribution is -2.60. The summed E-state index contributed by atoms with van der Waals surface area (Å²) in [6.07, 6.45) is 64.7. The second-order valence-electron chi connectivity index (χ2n) is 18.4. The lowest BCUT2D eigenvalue weighted by molar-refractivity contribution is -0.301. The molecule has 0 amide bonds. The Kier molecular flexibility index (Phi) is 46.2. The van der Waals surface area contributed by atoms with Gasteiger partial charge in [0, 0.05) is 13.0 Å². The molecule has 1 heterocycles. The summed E-state index contributed by atoms with van der Waals surface area (Å²) in [5.41, 5.74) is 0. The molecule has 74 heavy (non-hydrogen) atoms. The number of ether oxygens (including phenoxy) is 4. The van der Waals surface area contributed by atoms with Gasteiger partial charge in [-0.05, 0) is 109 Å². The van der Waals surface area contributed by atoms with Crippen molar-refractivity contribution < 1.29 is 56.2 Å². The summed E-state index contributed by atoms with van der Waals surface area (Å²) in [5.74, 6) is -0.425. The van der Waals surface area contributed by atoms with E-state index in [-0.39, 0.29) is 19.6 Å². The van der Waals surface area contributed by atoms with Gasteiger partial charge in [0.2, 0.25) is 0 Å². The molecule has 1 aliphatic heterocycles. The van der Waals surface area contributed by atoms with Gasteiger partial charge in [0.25, 0.3) is 0 Å². The van der Waals surface area contributed by atoms with Gasteiger partial charge in [-0.25, -0.2) is 4.18 Å². The molecule has 1 rings (SSSR count). The van der Waals surface area contributed by atoms with Crippen LogP contribution in [0.1, 0.15) is 181 Å². The summed E-state index contributed by atoms with van der Waals surface area (Å²) in [7, 11) is -5.08. The van der Waals surface area contributed by atoms with Crippen LogP contribution < -0.4 is 0 Å². The van der Waals surface area contributed by atoms with Crippen LogP contribution in [0.2, 0.25) is 0 Å². The Labute approximate surface area is 448 Å². The van der Waals surface area contributed by atoms with E-state index in [2.05, 4.69) is 152 Å². The Hall–Kier alpha value is -3.76. The van der Waals surface area contributed by atoms with E-state index in [4.69, 9.17) is 18.9 Å². The fourth-order valence-corrected chi connectivity index (χ4v) is 8.15. The van der Waals surface area contributed by atoms with Crippen LogP contribution in [0, 0.1) is 0 Å². The first-order chi connectivity index (χ1) is 36.1. The van der Waals surface area contributed by atoms with E-state index >= 15 is 0 Å². The summed E-state index contributed by atoms with van der Waals surface area (Å²) in [6.45, 7) is 3.69. The van der Waals surface area contributed by atoms with E-state index in [1.807, 2.05) is 0 Å². The van der Waals surface area contributed by atoms with Crippen LogP contribution in [0.5, 0.6) is 0 Å². The number of rotatable bonds is 47. The van der Waals surface area contributed by atoms with E-state index in [9.17, 15) is 33.1 Å². The molecule has 1 saturated heterocycles. The van der Waals surface area contributed by atoms with Crippen LogP contribution in [0.4, 0.5) is 0 Å². The van der Waals surface area contributed by atoms with Crippen molar-refractivity contribution in [3.8, 4) is 0 Å². The zero-order valence-electron chi connectivity index (χ0n) is 45.3. The number of aliphatic hydroxyl groups is 3. The maximum atomic E-state index is 13.0. The van der Waals surface area contributed by atoms with Gasteiger partial charge in [-0.15, -0.1) is 0 Å². The molecule has 0 aliphatic carbocycles. The van der Waals surface area contributed by atoms with Gasteiger partial charge >= 0.3 is 16.4 Å². The summed E-state index contributed by atoms with van der Waals surface area (Å²) >= 11 is 0. The predicted octanol–water partition coefficient (Wildman–Crippen LogP) is 13.9. The van der Waals surface area contributed by atoms with E-state index in [0.717, 1.165) is 154 Å². The maximum Gasteiger partial charge on any atom is 0.397 e. The number of unbranched alkanes of at least 4 members (excludes halogenated alkanes) is 12. The minimum atomic E-state index is -5.08. The number of carbonyl (C=O) groups is 1. The normalized spacial score (nSPS) is 19.8. The van der Waals surface area contributed by atoms with Gasteiger partial charge in [-0.1, -0.05) is 199 Å². The first kappa shape index (κ1) is 68.3. The minimum absolute atomic E-state index is 0.00949. The molecule has 0 aromatic heterocycles. The first-order valence-corrected chi connectivity index (χ1v) is 29.3. The lowest BCUT2D eigenvalue weighted by Gasteiger charge is -2.41. The number of aliphatic hydroxyl groups excluding tert-OH is 3. The fourth-order valence-electron chi connectivity index (χ4n) is 7.64. The van der Waals surface area contributed by atoms with Crippen molar-refractivity contribution in [1.82, 2.24) is 0 Å². The molecule has 0 bridgehead atoms. The third-order valence-electron chi connectivity index (χ3n) is 11.8. The monoisotopic (exact) mass is 1050 g/mol. The quantitative estimate of drug-likeness (QED) is 0.0197. The highest BCUT2D eigenvalue weighted by Crippen LogP contribution is 2.26. The van der Waals surface area contributed by atoms with Crippen molar-refractivity contribution >= 4 is 16.4 Å². The largest absolute Gasteiger partial charge is 0.457 e. The van der Waals surface area contributed by atoms with Crippen LogP contribution in [-0.4, -0.2) is 97.5 Å². The molecule has 13 heteroatoms. The Bertz CT molecular complexity index is 1790. The highest BCUT2D eigenvalue weighted by molar-refractivity contribution is 7.80. The molecular formula is C61H98O12S. The summed E-state index contributed by atoms with van der Waals surface area (Å²) in [4.78, 5) is 13.0. The number of allylic oxidation sites excluding steroid dienone is 22. The van der Waals surface area contributed by atoms with Crippen molar-refractivity contribution in [3.05, 3.63) is 134 Å². The molecule has 1 aliphatic rings. The predicted molar refractivity (Wildman–Crippen MR) is 303 cm³/mol. The average Bonchev–Trinajstić information content (AvgIpc) is 3.38. The second-order valence-corrected chi connectivity index (χ2v) is 19.5. The number of esters is 1. The zero-order valence-corrected chi connectivity index (χ0v) is 46.2. The van der Waals surface area contributed by atoms with Gasteiger partial charge in [-0.3, -0.25) is 9.35 Å². The van der Waals surface area contributed by atoms with E-state index in [0.29, 0.717) is 13.0 Å². The smallest absolute Gasteiger partial charge is 0.397 e. The third kappa shape index (κ3) is 42.5. The molecule has 0 radical (unpaired) electrons. The highest BCUT2D eigenvalue weighted by Gasteiger charge is 2.48. The Balaban J connectivity index is 2.37. The van der Waals surface area contributed by atoms with Gasteiger partial charge in [0.15, 0.2) is 6.29 Å². The topological polar surface area (TPSA) is 178 Å².